The number of halogens is 1. The summed E-state index contributed by atoms with van der Waals surface area (Å²) in [5.74, 6) is 0.0825. The largest absolute Gasteiger partial charge is 0.478 e. The molecule has 94 valence electrons. The van der Waals surface area contributed by atoms with E-state index in [-0.39, 0.29) is 10.6 Å². The van der Waals surface area contributed by atoms with Gasteiger partial charge >= 0.3 is 5.97 Å². The second-order valence-corrected chi connectivity index (χ2v) is 4.11. The molecule has 18 heavy (non-hydrogen) atoms. The lowest BCUT2D eigenvalue weighted by Crippen LogP contribution is -2.18. The summed E-state index contributed by atoms with van der Waals surface area (Å²) in [7, 11) is 1.77. The number of carboxylic acid groups (broad SMARTS) is 1. The van der Waals surface area contributed by atoms with Gasteiger partial charge in [0, 0.05) is 13.2 Å². The molecule has 0 amide bonds. The quantitative estimate of drug-likeness (QED) is 0.921. The molecular weight excluding hydrogens is 256 g/mol. The topological polar surface area (TPSA) is 66.6 Å². The third kappa shape index (κ3) is 2.46. The Morgan fingerprint density at radius 2 is 2.33 bits per heavy atom. The lowest BCUT2D eigenvalue weighted by atomic mass is 10.2. The van der Waals surface area contributed by atoms with Gasteiger partial charge in [0.25, 0.3) is 0 Å². The lowest BCUT2D eigenvalue weighted by molar-refractivity contribution is 0.0697. The molecular formula is C12H11ClN2O3. The minimum Gasteiger partial charge on any atom is -0.478 e. The summed E-state index contributed by atoms with van der Waals surface area (Å²) < 4.78 is 5.21. The molecule has 0 unspecified atom stereocenters. The normalized spacial score (nSPS) is 10.3. The highest BCUT2D eigenvalue weighted by Crippen LogP contribution is 2.27. The number of carboxylic acids is 1. The Morgan fingerprint density at radius 1 is 1.56 bits per heavy atom. The van der Waals surface area contributed by atoms with Crippen molar-refractivity contribution in [3.05, 3.63) is 47.0 Å². The van der Waals surface area contributed by atoms with Crippen molar-refractivity contribution in [2.75, 3.05) is 11.9 Å². The number of hydrogen-bond acceptors (Lipinski definition) is 4. The van der Waals surface area contributed by atoms with Crippen LogP contribution in [0.2, 0.25) is 5.02 Å². The van der Waals surface area contributed by atoms with Gasteiger partial charge in [0.1, 0.15) is 11.6 Å². The smallest absolute Gasteiger partial charge is 0.337 e. The summed E-state index contributed by atoms with van der Waals surface area (Å²) in [6.07, 6.45) is 3.00. The number of nitrogens with zero attached hydrogens (tertiary/aromatic N) is 2. The fraction of sp³-hybridized carbons (Fsp3) is 0.167. The number of rotatable bonds is 4. The summed E-state index contributed by atoms with van der Waals surface area (Å²) in [4.78, 5) is 16.8. The number of pyridine rings is 1. The Hall–Kier alpha value is -2.01. The van der Waals surface area contributed by atoms with E-state index >= 15 is 0 Å². The summed E-state index contributed by atoms with van der Waals surface area (Å²) in [6.45, 7) is 0.461. The molecule has 5 nitrogen and oxygen atoms in total. The Balaban J connectivity index is 2.27. The van der Waals surface area contributed by atoms with Gasteiger partial charge in [-0.2, -0.15) is 0 Å². The van der Waals surface area contributed by atoms with E-state index in [4.69, 9.17) is 21.1 Å². The van der Waals surface area contributed by atoms with E-state index in [2.05, 4.69) is 4.98 Å². The van der Waals surface area contributed by atoms with Crippen LogP contribution in [0, 0.1) is 0 Å². The lowest BCUT2D eigenvalue weighted by Gasteiger charge is -2.18. The minimum absolute atomic E-state index is 0.0351. The molecule has 6 heteroatoms. The molecule has 0 aliphatic heterocycles. The number of hydrogen-bond donors (Lipinski definition) is 1. The van der Waals surface area contributed by atoms with Gasteiger partial charge < -0.3 is 14.4 Å². The first-order valence-electron chi connectivity index (χ1n) is 5.21. The average molecular weight is 267 g/mol. The average Bonchev–Trinajstić information content (AvgIpc) is 2.81. The number of aromatic nitrogens is 1. The predicted molar refractivity (Wildman–Crippen MR) is 67.0 cm³/mol. The van der Waals surface area contributed by atoms with Gasteiger partial charge in [-0.15, -0.1) is 0 Å². The van der Waals surface area contributed by atoms with Crippen molar-refractivity contribution in [1.82, 2.24) is 4.98 Å². The summed E-state index contributed by atoms with van der Waals surface area (Å²) >= 11 is 6.02. The fourth-order valence-corrected chi connectivity index (χ4v) is 1.91. The van der Waals surface area contributed by atoms with Gasteiger partial charge in [-0.05, 0) is 18.2 Å². The van der Waals surface area contributed by atoms with E-state index in [0.29, 0.717) is 12.4 Å². The van der Waals surface area contributed by atoms with Crippen LogP contribution in [0.3, 0.4) is 0 Å². The van der Waals surface area contributed by atoms with E-state index in [1.54, 1.807) is 24.3 Å². The van der Waals surface area contributed by atoms with Crippen molar-refractivity contribution in [2.45, 2.75) is 6.54 Å². The molecule has 0 radical (unpaired) electrons. The first kappa shape index (κ1) is 12.4. The van der Waals surface area contributed by atoms with Crippen molar-refractivity contribution >= 4 is 23.4 Å². The highest BCUT2D eigenvalue weighted by molar-refractivity contribution is 6.35. The zero-order chi connectivity index (χ0) is 13.1. The highest BCUT2D eigenvalue weighted by Gasteiger charge is 2.16. The van der Waals surface area contributed by atoms with Gasteiger partial charge in [-0.1, -0.05) is 11.6 Å². The molecule has 1 N–H and O–H groups in total. The molecule has 0 aliphatic rings. The van der Waals surface area contributed by atoms with E-state index in [1.165, 1.54) is 12.3 Å². The third-order valence-corrected chi connectivity index (χ3v) is 2.81. The molecule has 0 saturated carbocycles. The van der Waals surface area contributed by atoms with Crippen LogP contribution in [0.1, 0.15) is 16.1 Å². The van der Waals surface area contributed by atoms with Gasteiger partial charge in [-0.3, -0.25) is 0 Å². The van der Waals surface area contributed by atoms with Crippen molar-refractivity contribution < 1.29 is 14.3 Å². The standard InChI is InChI=1S/C12H11ClN2O3/c1-15(7-8-3-2-6-18-8)11-10(13)9(12(16)17)4-5-14-11/h2-6H,7H2,1H3,(H,16,17). The SMILES string of the molecule is CN(Cc1ccco1)c1nccc(C(=O)O)c1Cl. The Labute approximate surface area is 109 Å². The Bertz CT molecular complexity index is 554. The first-order valence-corrected chi connectivity index (χ1v) is 5.58. The maximum atomic E-state index is 11.0. The van der Waals surface area contributed by atoms with Crippen LogP contribution in [-0.2, 0) is 6.54 Å². The van der Waals surface area contributed by atoms with Gasteiger partial charge in [0.15, 0.2) is 0 Å². The summed E-state index contributed by atoms with van der Waals surface area (Å²) in [5, 5.41) is 9.10. The zero-order valence-corrected chi connectivity index (χ0v) is 10.4. The van der Waals surface area contributed by atoms with Crippen LogP contribution in [0.4, 0.5) is 5.82 Å². The number of anilines is 1. The number of aromatic carboxylic acids is 1. The van der Waals surface area contributed by atoms with Gasteiger partial charge in [0.2, 0.25) is 0 Å². The minimum atomic E-state index is -1.07. The molecule has 2 aromatic heterocycles. The Kier molecular flexibility index (Phi) is 3.53. The highest BCUT2D eigenvalue weighted by atomic mass is 35.5. The van der Waals surface area contributed by atoms with Crippen molar-refractivity contribution in [1.29, 1.82) is 0 Å². The molecule has 2 aromatic rings. The van der Waals surface area contributed by atoms with E-state index in [0.717, 1.165) is 5.76 Å². The molecule has 0 aliphatic carbocycles. The fourth-order valence-electron chi connectivity index (χ4n) is 1.58. The number of furan rings is 1. The predicted octanol–water partition coefficient (Wildman–Crippen LogP) is 2.66. The van der Waals surface area contributed by atoms with E-state index in [9.17, 15) is 4.79 Å². The monoisotopic (exact) mass is 266 g/mol. The molecule has 2 rings (SSSR count). The van der Waals surface area contributed by atoms with E-state index in [1.807, 2.05) is 6.07 Å². The summed E-state index contributed by atoms with van der Waals surface area (Å²) in [5.41, 5.74) is 0.0351. The molecule has 0 aromatic carbocycles. The first-order chi connectivity index (χ1) is 8.59. The Morgan fingerprint density at radius 3 is 2.94 bits per heavy atom. The van der Waals surface area contributed by atoms with E-state index < -0.39 is 5.97 Å². The van der Waals surface area contributed by atoms with Crippen molar-refractivity contribution in [2.24, 2.45) is 0 Å². The maximum absolute atomic E-state index is 11.0. The van der Waals surface area contributed by atoms with Crippen LogP contribution in [0.5, 0.6) is 0 Å². The summed E-state index contributed by atoms with van der Waals surface area (Å²) in [6, 6.07) is 4.98. The van der Waals surface area contributed by atoms with Gasteiger partial charge in [0.05, 0.1) is 23.4 Å². The molecule has 0 fully saturated rings. The second kappa shape index (κ2) is 5.10. The van der Waals surface area contributed by atoms with Crippen LogP contribution < -0.4 is 4.90 Å². The van der Waals surface area contributed by atoms with Crippen LogP contribution in [-0.4, -0.2) is 23.1 Å². The van der Waals surface area contributed by atoms with Crippen LogP contribution in [0.25, 0.3) is 0 Å². The van der Waals surface area contributed by atoms with Crippen molar-refractivity contribution in [3.63, 3.8) is 0 Å². The van der Waals surface area contributed by atoms with Crippen LogP contribution in [0.15, 0.2) is 35.1 Å². The zero-order valence-electron chi connectivity index (χ0n) is 9.63. The second-order valence-electron chi connectivity index (χ2n) is 3.74. The third-order valence-electron chi connectivity index (χ3n) is 2.44. The maximum Gasteiger partial charge on any atom is 0.337 e. The molecule has 0 saturated heterocycles. The van der Waals surface area contributed by atoms with Crippen LogP contribution >= 0.6 is 11.6 Å². The molecule has 0 spiro atoms. The van der Waals surface area contributed by atoms with Crippen molar-refractivity contribution in [3.8, 4) is 0 Å². The van der Waals surface area contributed by atoms with Gasteiger partial charge in [-0.25, -0.2) is 9.78 Å². The molecule has 0 bridgehead atoms. The number of carbonyl (C=O) groups is 1. The molecule has 2 heterocycles. The molecule has 0 atom stereocenters.